The average molecular weight is 254 g/mol. The Hall–Kier alpha value is -1.07. The minimum absolute atomic E-state index is 0.607. The summed E-state index contributed by atoms with van der Waals surface area (Å²) in [5.74, 6) is 0.607. The van der Waals surface area contributed by atoms with Gasteiger partial charge >= 0.3 is 10.2 Å². The number of hydrogen-bond donors (Lipinski definition) is 1. The Balaban J connectivity index is 2.03. The van der Waals surface area contributed by atoms with Crippen LogP contribution in [0.25, 0.3) is 0 Å². The molecule has 0 unspecified atom stereocenters. The lowest BCUT2D eigenvalue weighted by molar-refractivity contribution is 0.569. The molecule has 0 spiro atoms. The predicted molar refractivity (Wildman–Crippen MR) is 69.1 cm³/mol. The van der Waals surface area contributed by atoms with Crippen molar-refractivity contribution < 1.29 is 8.42 Å². The van der Waals surface area contributed by atoms with Gasteiger partial charge in [0.2, 0.25) is 0 Å². The first-order valence-corrected chi connectivity index (χ1v) is 7.28. The van der Waals surface area contributed by atoms with Gasteiger partial charge in [0.1, 0.15) is 0 Å². The summed E-state index contributed by atoms with van der Waals surface area (Å²) in [5, 5.41) is 0. The summed E-state index contributed by atoms with van der Waals surface area (Å²) in [6.07, 6.45) is 1.01. The third-order valence-corrected chi connectivity index (χ3v) is 4.13. The summed E-state index contributed by atoms with van der Waals surface area (Å²) < 4.78 is 27.2. The van der Waals surface area contributed by atoms with E-state index in [9.17, 15) is 8.42 Å². The summed E-state index contributed by atoms with van der Waals surface area (Å²) in [7, 11) is -3.29. The molecule has 0 aromatic heterocycles. The average Bonchev–Trinajstić information content (AvgIpc) is 3.03. The van der Waals surface area contributed by atoms with E-state index in [0.29, 0.717) is 24.7 Å². The second-order valence-electron chi connectivity index (χ2n) is 4.80. The van der Waals surface area contributed by atoms with Gasteiger partial charge in [0.25, 0.3) is 0 Å². The zero-order chi connectivity index (χ0) is 12.5. The fourth-order valence-electron chi connectivity index (χ4n) is 1.67. The van der Waals surface area contributed by atoms with Crippen LogP contribution in [0.5, 0.6) is 0 Å². The van der Waals surface area contributed by atoms with Gasteiger partial charge in [-0.3, -0.25) is 4.72 Å². The zero-order valence-corrected chi connectivity index (χ0v) is 11.0. The van der Waals surface area contributed by atoms with Gasteiger partial charge in [-0.05, 0) is 30.0 Å². The molecule has 0 aliphatic carbocycles. The Morgan fingerprint density at radius 2 is 1.82 bits per heavy atom. The van der Waals surface area contributed by atoms with E-state index in [0.717, 1.165) is 6.42 Å². The van der Waals surface area contributed by atoms with Crippen molar-refractivity contribution in [1.82, 2.24) is 4.31 Å². The van der Waals surface area contributed by atoms with Gasteiger partial charge in [0.05, 0.1) is 0 Å². The molecule has 0 saturated carbocycles. The van der Waals surface area contributed by atoms with Crippen molar-refractivity contribution in [3.05, 3.63) is 29.8 Å². The van der Waals surface area contributed by atoms with E-state index < -0.39 is 10.2 Å². The first kappa shape index (κ1) is 12.4. The molecule has 0 atom stereocenters. The van der Waals surface area contributed by atoms with Crippen LogP contribution in [0.15, 0.2) is 24.3 Å². The smallest absolute Gasteiger partial charge is 0.271 e. The van der Waals surface area contributed by atoms with E-state index in [1.165, 1.54) is 9.87 Å². The second-order valence-corrected chi connectivity index (χ2v) is 6.47. The Labute approximate surface area is 103 Å². The fourth-order valence-corrected chi connectivity index (χ4v) is 2.80. The van der Waals surface area contributed by atoms with Crippen LogP contribution in [0, 0.1) is 5.92 Å². The van der Waals surface area contributed by atoms with Gasteiger partial charge in [-0.1, -0.05) is 26.0 Å². The van der Waals surface area contributed by atoms with E-state index in [-0.39, 0.29) is 0 Å². The molecule has 1 heterocycles. The maximum Gasteiger partial charge on any atom is 0.301 e. The zero-order valence-electron chi connectivity index (χ0n) is 10.2. The van der Waals surface area contributed by atoms with Crippen LogP contribution in [-0.2, 0) is 16.6 Å². The minimum atomic E-state index is -3.29. The number of nitrogens with zero attached hydrogens (tertiary/aromatic N) is 1. The third-order valence-electron chi connectivity index (χ3n) is 2.59. The molecule has 1 aliphatic rings. The van der Waals surface area contributed by atoms with E-state index in [1.807, 2.05) is 24.3 Å². The van der Waals surface area contributed by atoms with Crippen LogP contribution in [0.4, 0.5) is 5.69 Å². The van der Waals surface area contributed by atoms with Crippen molar-refractivity contribution in [1.29, 1.82) is 0 Å². The normalized spacial score (nSPS) is 16.2. The third kappa shape index (κ3) is 3.44. The Kier molecular flexibility index (Phi) is 3.40. The fraction of sp³-hybridized carbons (Fsp3) is 0.500. The van der Waals surface area contributed by atoms with Gasteiger partial charge in [-0.2, -0.15) is 12.7 Å². The highest BCUT2D eigenvalue weighted by molar-refractivity contribution is 7.90. The molecule has 0 bridgehead atoms. The lowest BCUT2D eigenvalue weighted by Crippen LogP contribution is -2.20. The van der Waals surface area contributed by atoms with Gasteiger partial charge in [-0.15, -0.1) is 0 Å². The van der Waals surface area contributed by atoms with E-state index >= 15 is 0 Å². The van der Waals surface area contributed by atoms with Crippen LogP contribution >= 0.6 is 0 Å². The summed E-state index contributed by atoms with van der Waals surface area (Å²) in [6, 6.07) is 7.58. The lowest BCUT2D eigenvalue weighted by atomic mass is 10.0. The van der Waals surface area contributed by atoms with Crippen molar-refractivity contribution >= 4 is 15.9 Å². The Morgan fingerprint density at radius 3 is 2.29 bits per heavy atom. The van der Waals surface area contributed by atoms with Crippen molar-refractivity contribution in [3.8, 4) is 0 Å². The van der Waals surface area contributed by atoms with Gasteiger partial charge in [0, 0.05) is 18.8 Å². The lowest BCUT2D eigenvalue weighted by Gasteiger charge is -2.09. The summed E-state index contributed by atoms with van der Waals surface area (Å²) in [5.41, 5.74) is 1.86. The first-order chi connectivity index (χ1) is 7.97. The SMILES string of the molecule is CC(C)Cc1ccc(NS(=O)(=O)N2CC2)cc1. The molecular formula is C12H18N2O2S. The molecule has 4 nitrogen and oxygen atoms in total. The highest BCUT2D eigenvalue weighted by Crippen LogP contribution is 2.18. The maximum atomic E-state index is 11.6. The van der Waals surface area contributed by atoms with Crippen molar-refractivity contribution in [2.24, 2.45) is 5.92 Å². The Bertz CT molecular complexity index is 476. The molecule has 5 heteroatoms. The predicted octanol–water partition coefficient (Wildman–Crippen LogP) is 1.86. The molecule has 1 aliphatic heterocycles. The molecule has 1 N–H and O–H groups in total. The Morgan fingerprint density at radius 1 is 1.24 bits per heavy atom. The maximum absolute atomic E-state index is 11.6. The molecule has 0 radical (unpaired) electrons. The van der Waals surface area contributed by atoms with E-state index in [2.05, 4.69) is 18.6 Å². The number of anilines is 1. The summed E-state index contributed by atoms with van der Waals surface area (Å²) >= 11 is 0. The molecule has 1 aromatic carbocycles. The highest BCUT2D eigenvalue weighted by Gasteiger charge is 2.31. The molecule has 17 heavy (non-hydrogen) atoms. The number of nitrogens with one attached hydrogen (secondary N) is 1. The van der Waals surface area contributed by atoms with Crippen LogP contribution in [0.1, 0.15) is 19.4 Å². The van der Waals surface area contributed by atoms with Crippen molar-refractivity contribution in [3.63, 3.8) is 0 Å². The van der Waals surface area contributed by atoms with Gasteiger partial charge in [0.15, 0.2) is 0 Å². The summed E-state index contributed by atoms with van der Waals surface area (Å²) in [4.78, 5) is 0. The monoisotopic (exact) mass is 254 g/mol. The van der Waals surface area contributed by atoms with E-state index in [1.54, 1.807) is 0 Å². The van der Waals surface area contributed by atoms with Crippen LogP contribution in [0.2, 0.25) is 0 Å². The quantitative estimate of drug-likeness (QED) is 0.815. The number of rotatable bonds is 5. The van der Waals surface area contributed by atoms with Crippen molar-refractivity contribution in [2.75, 3.05) is 17.8 Å². The molecular weight excluding hydrogens is 236 g/mol. The second kappa shape index (κ2) is 4.66. The number of hydrogen-bond acceptors (Lipinski definition) is 2. The van der Waals surface area contributed by atoms with Gasteiger partial charge < -0.3 is 0 Å². The van der Waals surface area contributed by atoms with Crippen molar-refractivity contribution in [2.45, 2.75) is 20.3 Å². The van der Waals surface area contributed by atoms with Crippen LogP contribution < -0.4 is 4.72 Å². The molecule has 1 aromatic rings. The highest BCUT2D eigenvalue weighted by atomic mass is 32.2. The number of benzene rings is 1. The minimum Gasteiger partial charge on any atom is -0.271 e. The molecule has 2 rings (SSSR count). The van der Waals surface area contributed by atoms with E-state index in [4.69, 9.17) is 0 Å². The molecule has 0 amide bonds. The first-order valence-electron chi connectivity index (χ1n) is 5.84. The van der Waals surface area contributed by atoms with Gasteiger partial charge in [-0.25, -0.2) is 0 Å². The topological polar surface area (TPSA) is 49.2 Å². The standard InChI is InChI=1S/C12H18N2O2S/c1-10(2)9-11-3-5-12(6-4-11)13-17(15,16)14-7-8-14/h3-6,10,13H,7-9H2,1-2H3. The molecule has 1 saturated heterocycles. The summed E-state index contributed by atoms with van der Waals surface area (Å²) in [6.45, 7) is 5.58. The van der Waals surface area contributed by atoms with Crippen LogP contribution in [0.3, 0.4) is 0 Å². The molecule has 94 valence electrons. The molecule has 1 fully saturated rings. The largest absolute Gasteiger partial charge is 0.301 e. The van der Waals surface area contributed by atoms with Crippen LogP contribution in [-0.4, -0.2) is 25.8 Å².